The third-order valence-corrected chi connectivity index (χ3v) is 3.38. The van der Waals surface area contributed by atoms with Crippen molar-refractivity contribution in [2.75, 3.05) is 0 Å². The predicted octanol–water partition coefficient (Wildman–Crippen LogP) is 3.48. The number of carbonyl (C=O) groups excluding carboxylic acids is 1. The van der Waals surface area contributed by atoms with Crippen molar-refractivity contribution in [2.45, 2.75) is 20.4 Å². The Hall–Kier alpha value is -2.82. The maximum absolute atomic E-state index is 12.1. The van der Waals surface area contributed by atoms with Gasteiger partial charge in [-0.1, -0.05) is 35.5 Å². The van der Waals surface area contributed by atoms with Crippen LogP contribution in [0.1, 0.15) is 27.6 Å². The van der Waals surface area contributed by atoms with Crippen LogP contribution in [0.5, 0.6) is 0 Å². The van der Waals surface area contributed by atoms with Gasteiger partial charge in [-0.15, -0.1) is 0 Å². The minimum absolute atomic E-state index is 0.261. The first-order valence-electron chi connectivity index (χ1n) is 7.00. The highest BCUT2D eigenvalue weighted by Crippen LogP contribution is 2.20. The van der Waals surface area contributed by atoms with E-state index in [-0.39, 0.29) is 11.6 Å². The summed E-state index contributed by atoms with van der Waals surface area (Å²) in [6, 6.07) is 13.1. The van der Waals surface area contributed by atoms with Gasteiger partial charge in [0, 0.05) is 23.7 Å². The minimum atomic E-state index is -0.274. The van der Waals surface area contributed by atoms with Gasteiger partial charge in [-0.2, -0.15) is 0 Å². The second-order valence-corrected chi connectivity index (χ2v) is 5.06. The number of amides is 1. The lowest BCUT2D eigenvalue weighted by Crippen LogP contribution is -2.23. The van der Waals surface area contributed by atoms with E-state index in [1.54, 1.807) is 6.07 Å². The second kappa shape index (κ2) is 5.89. The lowest BCUT2D eigenvalue weighted by molar-refractivity contribution is 0.0942. The molecule has 5 heteroatoms. The molecule has 0 spiro atoms. The molecule has 0 saturated carbocycles. The third-order valence-electron chi connectivity index (χ3n) is 3.38. The molecule has 1 aromatic carbocycles. The van der Waals surface area contributed by atoms with Crippen LogP contribution < -0.4 is 5.32 Å². The number of aromatic nitrogens is 1. The molecular formula is C17H16N2O3. The van der Waals surface area contributed by atoms with E-state index in [2.05, 4.69) is 10.5 Å². The van der Waals surface area contributed by atoms with Crippen LogP contribution in [-0.4, -0.2) is 11.1 Å². The summed E-state index contributed by atoms with van der Waals surface area (Å²) in [5.74, 6) is 1.93. The van der Waals surface area contributed by atoms with Gasteiger partial charge >= 0.3 is 0 Å². The Labute approximate surface area is 127 Å². The second-order valence-electron chi connectivity index (χ2n) is 5.06. The summed E-state index contributed by atoms with van der Waals surface area (Å²) in [7, 11) is 0. The molecule has 1 amide bonds. The van der Waals surface area contributed by atoms with Crippen molar-refractivity contribution in [3.8, 4) is 11.3 Å². The Kier molecular flexibility index (Phi) is 3.78. The number of carbonyl (C=O) groups is 1. The van der Waals surface area contributed by atoms with Gasteiger partial charge in [-0.3, -0.25) is 4.79 Å². The van der Waals surface area contributed by atoms with Gasteiger partial charge in [0.15, 0.2) is 11.5 Å². The Morgan fingerprint density at radius 1 is 1.18 bits per heavy atom. The van der Waals surface area contributed by atoms with Gasteiger partial charge in [-0.25, -0.2) is 0 Å². The van der Waals surface area contributed by atoms with Crippen LogP contribution >= 0.6 is 0 Å². The maximum Gasteiger partial charge on any atom is 0.273 e. The molecule has 0 atom stereocenters. The molecule has 0 saturated heterocycles. The van der Waals surface area contributed by atoms with Gasteiger partial charge in [0.05, 0.1) is 0 Å². The highest BCUT2D eigenvalue weighted by atomic mass is 16.5. The van der Waals surface area contributed by atoms with Crippen LogP contribution in [0.4, 0.5) is 0 Å². The summed E-state index contributed by atoms with van der Waals surface area (Å²) in [6.45, 7) is 4.15. The van der Waals surface area contributed by atoms with Gasteiger partial charge in [0.25, 0.3) is 5.91 Å². The lowest BCUT2D eigenvalue weighted by Gasteiger charge is -2.00. The molecule has 3 rings (SSSR count). The molecule has 0 aliphatic carbocycles. The molecule has 3 aromatic rings. The zero-order chi connectivity index (χ0) is 15.5. The predicted molar refractivity (Wildman–Crippen MR) is 81.3 cm³/mol. The minimum Gasteiger partial charge on any atom is -0.466 e. The lowest BCUT2D eigenvalue weighted by atomic mass is 10.1. The van der Waals surface area contributed by atoms with Crippen LogP contribution in [0.2, 0.25) is 0 Å². The Morgan fingerprint density at radius 2 is 1.95 bits per heavy atom. The van der Waals surface area contributed by atoms with Gasteiger partial charge in [-0.05, 0) is 19.9 Å². The number of nitrogens with zero attached hydrogens (tertiary/aromatic N) is 1. The van der Waals surface area contributed by atoms with E-state index in [1.807, 2.05) is 50.2 Å². The molecule has 5 nitrogen and oxygen atoms in total. The van der Waals surface area contributed by atoms with Crippen molar-refractivity contribution < 1.29 is 13.7 Å². The smallest absolute Gasteiger partial charge is 0.273 e. The van der Waals surface area contributed by atoms with Crippen LogP contribution in [0, 0.1) is 13.8 Å². The number of hydrogen-bond donors (Lipinski definition) is 1. The molecule has 2 aromatic heterocycles. The highest BCUT2D eigenvalue weighted by molar-refractivity contribution is 5.93. The van der Waals surface area contributed by atoms with Crippen molar-refractivity contribution in [3.63, 3.8) is 0 Å². The van der Waals surface area contributed by atoms with E-state index in [0.717, 1.165) is 22.6 Å². The van der Waals surface area contributed by atoms with Crippen LogP contribution in [0.25, 0.3) is 11.3 Å². The third kappa shape index (κ3) is 2.93. The Morgan fingerprint density at radius 3 is 2.64 bits per heavy atom. The average Bonchev–Trinajstić information content (AvgIpc) is 3.12. The van der Waals surface area contributed by atoms with Crippen molar-refractivity contribution in [1.29, 1.82) is 0 Å². The number of benzene rings is 1. The molecule has 0 aliphatic heterocycles. The quantitative estimate of drug-likeness (QED) is 0.800. The first kappa shape index (κ1) is 14.1. The fourth-order valence-electron chi connectivity index (χ4n) is 2.25. The van der Waals surface area contributed by atoms with Crippen LogP contribution in [0.15, 0.2) is 51.4 Å². The standard InChI is InChI=1S/C17H16N2O3/c1-11-8-14(12(2)21-11)10-18-17(20)15-9-16(22-19-15)13-6-4-3-5-7-13/h3-9H,10H2,1-2H3,(H,18,20). The summed E-state index contributed by atoms with van der Waals surface area (Å²) >= 11 is 0. The summed E-state index contributed by atoms with van der Waals surface area (Å²) in [5, 5.41) is 6.63. The van der Waals surface area contributed by atoms with Crippen molar-refractivity contribution in [1.82, 2.24) is 10.5 Å². The molecule has 0 radical (unpaired) electrons. The van der Waals surface area contributed by atoms with Crippen LogP contribution in [-0.2, 0) is 6.54 Å². The van der Waals surface area contributed by atoms with Crippen molar-refractivity contribution in [2.24, 2.45) is 0 Å². The van der Waals surface area contributed by atoms with E-state index < -0.39 is 0 Å². The number of aryl methyl sites for hydroxylation is 2. The van der Waals surface area contributed by atoms with E-state index in [1.165, 1.54) is 0 Å². The fourth-order valence-corrected chi connectivity index (χ4v) is 2.25. The van der Waals surface area contributed by atoms with Gasteiger partial charge in [0.1, 0.15) is 11.5 Å². The zero-order valence-corrected chi connectivity index (χ0v) is 12.4. The molecule has 0 aliphatic rings. The van der Waals surface area contributed by atoms with E-state index in [4.69, 9.17) is 8.94 Å². The highest BCUT2D eigenvalue weighted by Gasteiger charge is 2.14. The Balaban J connectivity index is 1.68. The molecule has 0 unspecified atom stereocenters. The monoisotopic (exact) mass is 296 g/mol. The number of furan rings is 1. The molecule has 0 bridgehead atoms. The number of hydrogen-bond acceptors (Lipinski definition) is 4. The topological polar surface area (TPSA) is 68.3 Å². The van der Waals surface area contributed by atoms with E-state index in [0.29, 0.717) is 12.3 Å². The first-order valence-corrected chi connectivity index (χ1v) is 7.00. The van der Waals surface area contributed by atoms with Gasteiger partial charge in [0.2, 0.25) is 0 Å². The molecule has 2 heterocycles. The van der Waals surface area contributed by atoms with Gasteiger partial charge < -0.3 is 14.3 Å². The average molecular weight is 296 g/mol. The maximum atomic E-state index is 12.1. The molecule has 112 valence electrons. The summed E-state index contributed by atoms with van der Waals surface area (Å²) in [6.07, 6.45) is 0. The molecular weight excluding hydrogens is 280 g/mol. The van der Waals surface area contributed by atoms with Crippen molar-refractivity contribution >= 4 is 5.91 Å². The summed E-state index contributed by atoms with van der Waals surface area (Å²) in [5.41, 5.74) is 2.10. The fraction of sp³-hybridized carbons (Fsp3) is 0.176. The van der Waals surface area contributed by atoms with Crippen LogP contribution in [0.3, 0.4) is 0 Å². The zero-order valence-electron chi connectivity index (χ0n) is 12.4. The van der Waals surface area contributed by atoms with Crippen molar-refractivity contribution in [3.05, 3.63) is 65.2 Å². The van der Waals surface area contributed by atoms with E-state index >= 15 is 0 Å². The molecule has 0 fully saturated rings. The summed E-state index contributed by atoms with van der Waals surface area (Å²) in [4.78, 5) is 12.1. The molecule has 1 N–H and O–H groups in total. The number of nitrogens with one attached hydrogen (secondary N) is 1. The first-order chi connectivity index (χ1) is 10.6. The normalized spacial score (nSPS) is 10.6. The number of rotatable bonds is 4. The Bertz CT molecular complexity index is 787. The van der Waals surface area contributed by atoms with E-state index in [9.17, 15) is 4.79 Å². The molecule has 22 heavy (non-hydrogen) atoms. The largest absolute Gasteiger partial charge is 0.466 e. The SMILES string of the molecule is Cc1cc(CNC(=O)c2cc(-c3ccccc3)on2)c(C)o1. The summed E-state index contributed by atoms with van der Waals surface area (Å²) < 4.78 is 10.7.